The van der Waals surface area contributed by atoms with Gasteiger partial charge in [-0.1, -0.05) is 24.3 Å². The van der Waals surface area contributed by atoms with Crippen LogP contribution in [0.15, 0.2) is 57.7 Å². The van der Waals surface area contributed by atoms with Gasteiger partial charge in [0.05, 0.1) is 6.61 Å². The monoisotopic (exact) mass is 270 g/mol. The van der Waals surface area contributed by atoms with E-state index < -0.39 is 5.63 Å². The molecule has 0 fully saturated rings. The van der Waals surface area contributed by atoms with Gasteiger partial charge in [-0.25, -0.2) is 9.18 Å². The highest BCUT2D eigenvalue weighted by Gasteiger charge is 2.08. The number of halogens is 1. The summed E-state index contributed by atoms with van der Waals surface area (Å²) in [6.07, 6.45) is 0. The van der Waals surface area contributed by atoms with Crippen molar-refractivity contribution in [2.45, 2.75) is 6.61 Å². The van der Waals surface area contributed by atoms with Crippen molar-refractivity contribution >= 4 is 11.0 Å². The Hall–Kier alpha value is -2.46. The van der Waals surface area contributed by atoms with Crippen molar-refractivity contribution in [2.24, 2.45) is 0 Å². The van der Waals surface area contributed by atoms with E-state index in [4.69, 9.17) is 9.52 Å². The number of aliphatic hydroxyl groups is 1. The maximum Gasteiger partial charge on any atom is 0.336 e. The van der Waals surface area contributed by atoms with Crippen molar-refractivity contribution in [2.75, 3.05) is 0 Å². The van der Waals surface area contributed by atoms with Crippen LogP contribution in [0.25, 0.3) is 22.1 Å². The van der Waals surface area contributed by atoms with E-state index in [0.717, 1.165) is 10.9 Å². The molecule has 3 nitrogen and oxygen atoms in total. The van der Waals surface area contributed by atoms with Crippen LogP contribution in [-0.4, -0.2) is 5.11 Å². The Morgan fingerprint density at radius 1 is 1.05 bits per heavy atom. The van der Waals surface area contributed by atoms with E-state index in [0.29, 0.717) is 16.7 Å². The summed E-state index contributed by atoms with van der Waals surface area (Å²) in [6, 6.07) is 12.5. The highest BCUT2D eigenvalue weighted by Crippen LogP contribution is 2.28. The molecule has 0 atom stereocenters. The van der Waals surface area contributed by atoms with Crippen LogP contribution in [0.5, 0.6) is 0 Å². The Bertz CT molecular complexity index is 819. The number of fused-ring (bicyclic) bond motifs is 1. The molecule has 100 valence electrons. The van der Waals surface area contributed by atoms with Gasteiger partial charge in [0.15, 0.2) is 0 Å². The molecule has 0 amide bonds. The van der Waals surface area contributed by atoms with Crippen molar-refractivity contribution in [3.8, 4) is 11.1 Å². The molecule has 20 heavy (non-hydrogen) atoms. The molecule has 0 saturated carbocycles. The van der Waals surface area contributed by atoms with Gasteiger partial charge in [0.2, 0.25) is 0 Å². The van der Waals surface area contributed by atoms with Gasteiger partial charge in [0, 0.05) is 11.5 Å². The average Bonchev–Trinajstić information content (AvgIpc) is 2.46. The van der Waals surface area contributed by atoms with E-state index in [1.807, 2.05) is 0 Å². The lowest BCUT2D eigenvalue weighted by Crippen LogP contribution is -1.98. The Balaban J connectivity index is 2.29. The van der Waals surface area contributed by atoms with Gasteiger partial charge in [-0.2, -0.15) is 0 Å². The third-order valence-electron chi connectivity index (χ3n) is 3.15. The minimum Gasteiger partial charge on any atom is -0.423 e. The summed E-state index contributed by atoms with van der Waals surface area (Å²) in [5, 5.41) is 9.87. The van der Waals surface area contributed by atoms with E-state index in [9.17, 15) is 9.18 Å². The van der Waals surface area contributed by atoms with Crippen molar-refractivity contribution in [1.29, 1.82) is 0 Å². The molecule has 0 aliphatic carbocycles. The molecule has 0 spiro atoms. The van der Waals surface area contributed by atoms with Crippen LogP contribution in [-0.2, 0) is 6.61 Å². The first-order chi connectivity index (χ1) is 9.67. The van der Waals surface area contributed by atoms with Gasteiger partial charge < -0.3 is 9.52 Å². The van der Waals surface area contributed by atoms with E-state index in [1.54, 1.807) is 30.3 Å². The zero-order chi connectivity index (χ0) is 14.1. The molecule has 0 radical (unpaired) electrons. The molecule has 2 aromatic carbocycles. The summed E-state index contributed by atoms with van der Waals surface area (Å²) in [6.45, 7) is -0.125. The lowest BCUT2D eigenvalue weighted by atomic mass is 10.0. The van der Waals surface area contributed by atoms with Gasteiger partial charge in [0.25, 0.3) is 0 Å². The number of hydrogen-bond acceptors (Lipinski definition) is 3. The second kappa shape index (κ2) is 4.90. The average molecular weight is 270 g/mol. The Kier molecular flexibility index (Phi) is 3.08. The molecule has 4 heteroatoms. The molecule has 1 N–H and O–H groups in total. The topological polar surface area (TPSA) is 50.4 Å². The first kappa shape index (κ1) is 12.6. The molecule has 0 aliphatic rings. The first-order valence-electron chi connectivity index (χ1n) is 6.11. The summed E-state index contributed by atoms with van der Waals surface area (Å²) in [4.78, 5) is 11.6. The predicted molar refractivity (Wildman–Crippen MR) is 73.8 cm³/mol. The van der Waals surface area contributed by atoms with Crippen molar-refractivity contribution in [1.82, 2.24) is 0 Å². The minimum absolute atomic E-state index is 0.125. The van der Waals surface area contributed by atoms with Gasteiger partial charge in [0.1, 0.15) is 11.4 Å². The van der Waals surface area contributed by atoms with Crippen molar-refractivity contribution in [3.63, 3.8) is 0 Å². The number of aliphatic hydroxyl groups excluding tert-OH is 1. The smallest absolute Gasteiger partial charge is 0.336 e. The Morgan fingerprint density at radius 2 is 1.80 bits per heavy atom. The molecule has 3 rings (SSSR count). The van der Waals surface area contributed by atoms with Crippen LogP contribution in [0.4, 0.5) is 4.39 Å². The molecule has 0 unspecified atom stereocenters. The normalized spacial score (nSPS) is 10.9. The fraction of sp³-hybridized carbons (Fsp3) is 0.0625. The summed E-state index contributed by atoms with van der Waals surface area (Å²) < 4.78 is 18.1. The number of rotatable bonds is 2. The zero-order valence-corrected chi connectivity index (χ0v) is 10.5. The molecule has 0 saturated heterocycles. The molecular formula is C16H11FO3. The van der Waals surface area contributed by atoms with Gasteiger partial charge in [-0.3, -0.25) is 0 Å². The number of benzene rings is 2. The maximum atomic E-state index is 13.0. The molecule has 0 bridgehead atoms. The van der Waals surface area contributed by atoms with Crippen molar-refractivity contribution in [3.05, 3.63) is 70.3 Å². The quantitative estimate of drug-likeness (QED) is 0.728. The molecule has 3 aromatic rings. The van der Waals surface area contributed by atoms with Gasteiger partial charge in [-0.15, -0.1) is 0 Å². The van der Waals surface area contributed by atoms with Crippen LogP contribution in [0.3, 0.4) is 0 Å². The van der Waals surface area contributed by atoms with Crippen molar-refractivity contribution < 1.29 is 13.9 Å². The van der Waals surface area contributed by atoms with E-state index in [2.05, 4.69) is 0 Å². The Labute approximate surface area is 113 Å². The van der Waals surface area contributed by atoms with Crippen LogP contribution < -0.4 is 5.63 Å². The van der Waals surface area contributed by atoms with Crippen LogP contribution in [0.1, 0.15) is 5.56 Å². The van der Waals surface area contributed by atoms with E-state index in [1.165, 1.54) is 18.2 Å². The maximum absolute atomic E-state index is 13.0. The predicted octanol–water partition coefficient (Wildman–Crippen LogP) is 3.09. The summed E-state index contributed by atoms with van der Waals surface area (Å²) in [7, 11) is 0. The standard InChI is InChI=1S/C16H11FO3/c17-12-4-2-11(3-5-12)14-8-16(19)20-15-7-10(9-18)1-6-13(14)15/h1-8,18H,9H2. The highest BCUT2D eigenvalue weighted by atomic mass is 19.1. The largest absolute Gasteiger partial charge is 0.423 e. The van der Waals surface area contributed by atoms with E-state index in [-0.39, 0.29) is 12.4 Å². The third kappa shape index (κ3) is 2.21. The summed E-state index contributed by atoms with van der Waals surface area (Å²) in [5.41, 5.74) is 2.01. The molecule has 0 aliphatic heterocycles. The zero-order valence-electron chi connectivity index (χ0n) is 10.5. The fourth-order valence-corrected chi connectivity index (χ4v) is 2.17. The SMILES string of the molecule is O=c1cc(-c2ccc(F)cc2)c2ccc(CO)cc2o1. The summed E-state index contributed by atoms with van der Waals surface area (Å²) in [5.74, 6) is -0.330. The second-order valence-electron chi connectivity index (χ2n) is 4.47. The molecule has 1 heterocycles. The van der Waals surface area contributed by atoms with E-state index >= 15 is 0 Å². The molecular weight excluding hydrogens is 259 g/mol. The fourth-order valence-electron chi connectivity index (χ4n) is 2.17. The highest BCUT2D eigenvalue weighted by molar-refractivity contribution is 5.93. The molecule has 1 aromatic heterocycles. The Morgan fingerprint density at radius 3 is 2.50 bits per heavy atom. The summed E-state index contributed by atoms with van der Waals surface area (Å²) >= 11 is 0. The van der Waals surface area contributed by atoms with Gasteiger partial charge >= 0.3 is 5.63 Å². The minimum atomic E-state index is -0.480. The number of hydrogen-bond donors (Lipinski definition) is 1. The van der Waals surface area contributed by atoms with Crippen LogP contribution >= 0.6 is 0 Å². The van der Waals surface area contributed by atoms with Crippen LogP contribution in [0.2, 0.25) is 0 Å². The third-order valence-corrected chi connectivity index (χ3v) is 3.15. The van der Waals surface area contributed by atoms with Crippen LogP contribution in [0, 0.1) is 5.82 Å². The van der Waals surface area contributed by atoms with Gasteiger partial charge in [-0.05, 0) is 34.9 Å². The second-order valence-corrected chi connectivity index (χ2v) is 4.47. The lowest BCUT2D eigenvalue weighted by molar-refractivity contribution is 0.282. The lowest BCUT2D eigenvalue weighted by Gasteiger charge is -2.06. The first-order valence-corrected chi connectivity index (χ1v) is 6.11.